The van der Waals surface area contributed by atoms with Gasteiger partial charge in [-0.05, 0) is 18.8 Å². The Hall–Kier alpha value is -0.0500. The normalized spacial score (nSPS) is 16.0. The fraction of sp³-hybridized carbons (Fsp3) is 1.00. The van der Waals surface area contributed by atoms with Gasteiger partial charge in [0.1, 0.15) is 10.7 Å². The second-order valence-corrected chi connectivity index (χ2v) is 4.97. The lowest BCUT2D eigenvalue weighted by Crippen LogP contribution is -2.18. The van der Waals surface area contributed by atoms with Crippen LogP contribution in [-0.2, 0) is 10.7 Å². The maximum absolute atomic E-state index is 10.8. The van der Waals surface area contributed by atoms with Crippen molar-refractivity contribution in [3.05, 3.63) is 0 Å². The second-order valence-electron chi connectivity index (χ2n) is 3.73. The molecule has 13 heavy (non-hydrogen) atoms. The van der Waals surface area contributed by atoms with Crippen LogP contribution >= 0.6 is 0 Å². The van der Waals surface area contributed by atoms with E-state index in [1.165, 1.54) is 12.8 Å². The summed E-state index contributed by atoms with van der Waals surface area (Å²) >= 11 is 0. The molecule has 0 aliphatic heterocycles. The van der Waals surface area contributed by atoms with Crippen LogP contribution in [0, 0.1) is 5.92 Å². The first-order chi connectivity index (χ1) is 6.13. The molecular formula is C10H22O2S. The molecule has 2 atom stereocenters. The standard InChI is InChI=1S/C10H22O2S/c1-4-6-7-8-9(3)10(5-2)13(11)12/h9-10,13H,4-8H2,1-3H3. The minimum Gasteiger partial charge on any atom is -0.232 e. The zero-order chi connectivity index (χ0) is 10.3. The van der Waals surface area contributed by atoms with Crippen LogP contribution in [0.25, 0.3) is 0 Å². The van der Waals surface area contributed by atoms with Crippen molar-refractivity contribution >= 4 is 10.7 Å². The Morgan fingerprint density at radius 1 is 1.15 bits per heavy atom. The molecular weight excluding hydrogens is 184 g/mol. The SMILES string of the molecule is CCCCCC(C)C(CC)[SH](=O)=O. The highest BCUT2D eigenvalue weighted by molar-refractivity contribution is 7.73. The number of hydrogen-bond donors (Lipinski definition) is 1. The van der Waals surface area contributed by atoms with E-state index in [4.69, 9.17) is 0 Å². The molecule has 0 aromatic rings. The molecule has 0 amide bonds. The summed E-state index contributed by atoms with van der Waals surface area (Å²) < 4.78 is 21.7. The lowest BCUT2D eigenvalue weighted by atomic mass is 9.98. The predicted octanol–water partition coefficient (Wildman–Crippen LogP) is 2.59. The van der Waals surface area contributed by atoms with Crippen LogP contribution < -0.4 is 0 Å². The van der Waals surface area contributed by atoms with E-state index >= 15 is 0 Å². The van der Waals surface area contributed by atoms with Crippen LogP contribution in [0.3, 0.4) is 0 Å². The van der Waals surface area contributed by atoms with Crippen molar-refractivity contribution in [1.29, 1.82) is 0 Å². The summed E-state index contributed by atoms with van der Waals surface area (Å²) in [5.41, 5.74) is 0. The molecule has 0 aromatic carbocycles. The van der Waals surface area contributed by atoms with Crippen LogP contribution in [0.15, 0.2) is 0 Å². The van der Waals surface area contributed by atoms with Crippen molar-refractivity contribution in [2.24, 2.45) is 5.92 Å². The fourth-order valence-electron chi connectivity index (χ4n) is 1.67. The third-order valence-corrected chi connectivity index (χ3v) is 4.02. The van der Waals surface area contributed by atoms with Crippen LogP contribution in [-0.4, -0.2) is 13.7 Å². The largest absolute Gasteiger partial charge is 0.232 e. The average molecular weight is 206 g/mol. The Bertz CT molecular complexity index is 179. The fourth-order valence-corrected chi connectivity index (χ4v) is 2.53. The number of unbranched alkanes of at least 4 members (excludes halogenated alkanes) is 2. The molecule has 0 spiro atoms. The van der Waals surface area contributed by atoms with Gasteiger partial charge in [0.15, 0.2) is 0 Å². The highest BCUT2D eigenvalue weighted by Gasteiger charge is 2.17. The first kappa shape index (κ1) is 12.9. The third-order valence-electron chi connectivity index (χ3n) is 2.61. The summed E-state index contributed by atoms with van der Waals surface area (Å²) in [5.74, 6) is 0.331. The lowest BCUT2D eigenvalue weighted by Gasteiger charge is -2.16. The van der Waals surface area contributed by atoms with Gasteiger partial charge in [0.05, 0.1) is 5.25 Å². The van der Waals surface area contributed by atoms with Crippen LogP contribution in [0.5, 0.6) is 0 Å². The number of hydrogen-bond acceptors (Lipinski definition) is 2. The monoisotopic (exact) mass is 206 g/mol. The van der Waals surface area contributed by atoms with Crippen molar-refractivity contribution in [3.63, 3.8) is 0 Å². The quantitative estimate of drug-likeness (QED) is 0.513. The molecule has 0 N–H and O–H groups in total. The van der Waals surface area contributed by atoms with Gasteiger partial charge < -0.3 is 0 Å². The molecule has 2 unspecified atom stereocenters. The average Bonchev–Trinajstić information content (AvgIpc) is 2.05. The lowest BCUT2D eigenvalue weighted by molar-refractivity contribution is 0.454. The molecule has 0 aromatic heterocycles. The maximum Gasteiger partial charge on any atom is 0.143 e. The summed E-state index contributed by atoms with van der Waals surface area (Å²) in [6.45, 7) is 6.16. The Morgan fingerprint density at radius 3 is 2.15 bits per heavy atom. The molecule has 80 valence electrons. The summed E-state index contributed by atoms with van der Waals surface area (Å²) in [5, 5.41) is -0.105. The van der Waals surface area contributed by atoms with E-state index in [2.05, 4.69) is 13.8 Å². The van der Waals surface area contributed by atoms with E-state index in [0.717, 1.165) is 19.3 Å². The van der Waals surface area contributed by atoms with E-state index in [1.807, 2.05) is 6.92 Å². The van der Waals surface area contributed by atoms with Gasteiger partial charge in [-0.3, -0.25) is 0 Å². The van der Waals surface area contributed by atoms with Gasteiger partial charge in [0.25, 0.3) is 0 Å². The van der Waals surface area contributed by atoms with E-state index in [9.17, 15) is 8.42 Å². The van der Waals surface area contributed by atoms with Crippen molar-refractivity contribution in [2.45, 2.75) is 58.1 Å². The Labute approximate surface area is 83.7 Å². The van der Waals surface area contributed by atoms with Crippen LogP contribution in [0.1, 0.15) is 52.9 Å². The van der Waals surface area contributed by atoms with Crippen molar-refractivity contribution < 1.29 is 8.42 Å². The van der Waals surface area contributed by atoms with Gasteiger partial charge in [0, 0.05) is 0 Å². The molecule has 0 radical (unpaired) electrons. The summed E-state index contributed by atoms with van der Waals surface area (Å²) in [7, 11) is -2.22. The molecule has 0 saturated heterocycles. The molecule has 3 heteroatoms. The molecule has 0 aliphatic rings. The topological polar surface area (TPSA) is 34.1 Å². The van der Waals surface area contributed by atoms with E-state index in [0.29, 0.717) is 5.92 Å². The minimum absolute atomic E-state index is 0.105. The molecule has 0 rings (SSSR count). The zero-order valence-corrected chi connectivity index (χ0v) is 9.85. The van der Waals surface area contributed by atoms with Crippen molar-refractivity contribution in [3.8, 4) is 0 Å². The van der Waals surface area contributed by atoms with E-state index in [1.54, 1.807) is 0 Å². The van der Waals surface area contributed by atoms with Gasteiger partial charge in [-0.2, -0.15) is 0 Å². The van der Waals surface area contributed by atoms with E-state index < -0.39 is 10.7 Å². The van der Waals surface area contributed by atoms with Gasteiger partial charge >= 0.3 is 0 Å². The zero-order valence-electron chi connectivity index (χ0n) is 8.95. The Kier molecular flexibility index (Phi) is 7.33. The molecule has 0 heterocycles. The smallest absolute Gasteiger partial charge is 0.143 e. The predicted molar refractivity (Wildman–Crippen MR) is 57.7 cm³/mol. The maximum atomic E-state index is 10.8. The summed E-state index contributed by atoms with van der Waals surface area (Å²) in [6.07, 6.45) is 5.39. The summed E-state index contributed by atoms with van der Waals surface area (Å²) in [6, 6.07) is 0. The first-order valence-corrected chi connectivity index (χ1v) is 6.51. The van der Waals surface area contributed by atoms with Crippen molar-refractivity contribution in [2.75, 3.05) is 0 Å². The molecule has 0 saturated carbocycles. The third kappa shape index (κ3) is 5.29. The highest BCUT2D eigenvalue weighted by atomic mass is 32.2. The van der Waals surface area contributed by atoms with Gasteiger partial charge in [-0.15, -0.1) is 0 Å². The highest BCUT2D eigenvalue weighted by Crippen LogP contribution is 2.17. The van der Waals surface area contributed by atoms with E-state index in [-0.39, 0.29) is 5.25 Å². The molecule has 2 nitrogen and oxygen atoms in total. The molecule has 0 aliphatic carbocycles. The first-order valence-electron chi connectivity index (χ1n) is 5.26. The minimum atomic E-state index is -2.22. The van der Waals surface area contributed by atoms with Crippen molar-refractivity contribution in [1.82, 2.24) is 0 Å². The molecule has 0 fully saturated rings. The Morgan fingerprint density at radius 2 is 1.77 bits per heavy atom. The van der Waals surface area contributed by atoms with Gasteiger partial charge in [-0.1, -0.05) is 40.0 Å². The number of thiol groups is 1. The number of rotatable bonds is 7. The molecule has 0 bridgehead atoms. The van der Waals surface area contributed by atoms with Gasteiger partial charge in [-0.25, -0.2) is 8.42 Å². The Balaban J connectivity index is 3.84. The van der Waals surface area contributed by atoms with Crippen LogP contribution in [0.4, 0.5) is 0 Å². The summed E-state index contributed by atoms with van der Waals surface area (Å²) in [4.78, 5) is 0. The second kappa shape index (κ2) is 7.36. The van der Waals surface area contributed by atoms with Gasteiger partial charge in [0.2, 0.25) is 0 Å². The van der Waals surface area contributed by atoms with Crippen LogP contribution in [0.2, 0.25) is 0 Å².